The van der Waals surface area contributed by atoms with Crippen LogP contribution in [0.2, 0.25) is 0 Å². The summed E-state index contributed by atoms with van der Waals surface area (Å²) in [5.74, 6) is -2.86. The van der Waals surface area contributed by atoms with Crippen LogP contribution < -0.4 is 15.4 Å². The number of amides is 1. The lowest BCUT2D eigenvalue weighted by Crippen LogP contribution is -2.27. The molecule has 1 amide bonds. The number of ether oxygens (including phenoxy) is 1. The van der Waals surface area contributed by atoms with Crippen molar-refractivity contribution in [2.75, 3.05) is 10.6 Å². The first kappa shape index (κ1) is 25.0. The average Bonchev–Trinajstić information content (AvgIpc) is 3.28. The topological polar surface area (TPSA) is 114 Å². The quantitative estimate of drug-likeness (QED) is 0.344. The van der Waals surface area contributed by atoms with Crippen molar-refractivity contribution in [1.29, 1.82) is 0 Å². The molecule has 8 nitrogen and oxygen atoms in total. The van der Waals surface area contributed by atoms with Gasteiger partial charge in [0.2, 0.25) is 5.88 Å². The summed E-state index contributed by atoms with van der Waals surface area (Å²) in [6.07, 6.45) is -1.32. The molecule has 1 fully saturated rings. The van der Waals surface area contributed by atoms with Crippen molar-refractivity contribution in [3.8, 4) is 5.75 Å². The number of halogens is 4. The second kappa shape index (κ2) is 10.3. The predicted molar refractivity (Wildman–Crippen MR) is 120 cm³/mol. The zero-order valence-corrected chi connectivity index (χ0v) is 18.6. The maximum absolute atomic E-state index is 13.6. The second-order valence-corrected chi connectivity index (χ2v) is 8.29. The van der Waals surface area contributed by atoms with E-state index in [1.54, 1.807) is 24.3 Å². The molecule has 0 bridgehead atoms. The standard InChI is InChI=1S/C24H21F4N3O5/c25-15-9-14(24(26,27)28)10-17(11-15)30-20-12-29-22(36-20)21(32)31-16-3-7-19(8-4-16)35-18-5-1-13(2-6-18)23(33)34/h3-4,7-13,18,30H,1-2,5-6H2,(H,31,32)(H,33,34). The van der Waals surface area contributed by atoms with E-state index in [9.17, 15) is 27.2 Å². The van der Waals surface area contributed by atoms with Crippen molar-refractivity contribution in [2.45, 2.75) is 38.0 Å². The molecule has 0 saturated heterocycles. The van der Waals surface area contributed by atoms with Gasteiger partial charge in [0.05, 0.1) is 23.8 Å². The number of alkyl halides is 3. The van der Waals surface area contributed by atoms with Crippen LogP contribution in [0, 0.1) is 11.7 Å². The summed E-state index contributed by atoms with van der Waals surface area (Å²) in [5, 5.41) is 14.1. The largest absolute Gasteiger partial charge is 0.490 e. The Hall–Kier alpha value is -4.09. The Bertz CT molecular complexity index is 1240. The minimum absolute atomic E-state index is 0.0791. The first-order valence-electron chi connectivity index (χ1n) is 11.0. The van der Waals surface area contributed by atoms with Gasteiger partial charge in [0.15, 0.2) is 0 Å². The zero-order valence-electron chi connectivity index (χ0n) is 18.6. The van der Waals surface area contributed by atoms with Crippen LogP contribution in [0.3, 0.4) is 0 Å². The molecule has 1 aliphatic carbocycles. The molecule has 0 unspecified atom stereocenters. The number of carboxylic acid groups (broad SMARTS) is 1. The molecule has 1 aromatic heterocycles. The smallest absolute Gasteiger partial charge is 0.416 e. The molecule has 3 aromatic rings. The van der Waals surface area contributed by atoms with E-state index < -0.39 is 29.4 Å². The van der Waals surface area contributed by atoms with Crippen molar-refractivity contribution in [1.82, 2.24) is 4.98 Å². The summed E-state index contributed by atoms with van der Waals surface area (Å²) in [6, 6.07) is 8.43. The SMILES string of the molecule is O=C(Nc1ccc(OC2CCC(C(=O)O)CC2)cc1)c1ncc(Nc2cc(F)cc(C(F)(F)F)c2)o1. The molecule has 4 rings (SSSR count). The van der Waals surface area contributed by atoms with Crippen molar-refractivity contribution in [3.05, 3.63) is 65.9 Å². The molecular formula is C24H21F4N3O5. The number of oxazole rings is 1. The molecule has 12 heteroatoms. The van der Waals surface area contributed by atoms with Crippen LogP contribution in [0.25, 0.3) is 0 Å². The van der Waals surface area contributed by atoms with Crippen LogP contribution in [-0.4, -0.2) is 28.1 Å². The van der Waals surface area contributed by atoms with Crippen LogP contribution in [0.5, 0.6) is 5.75 Å². The summed E-state index contributed by atoms with van der Waals surface area (Å²) in [7, 11) is 0. The lowest BCUT2D eigenvalue weighted by atomic mass is 9.87. The van der Waals surface area contributed by atoms with E-state index in [-0.39, 0.29) is 29.5 Å². The van der Waals surface area contributed by atoms with E-state index in [2.05, 4.69) is 15.6 Å². The highest BCUT2D eigenvalue weighted by Gasteiger charge is 2.31. The number of carboxylic acids is 1. The number of benzene rings is 2. The van der Waals surface area contributed by atoms with Crippen LogP contribution in [0.1, 0.15) is 41.9 Å². The average molecular weight is 507 g/mol. The summed E-state index contributed by atoms with van der Waals surface area (Å²) in [6.45, 7) is 0. The minimum atomic E-state index is -4.73. The highest BCUT2D eigenvalue weighted by Crippen LogP contribution is 2.33. The molecule has 190 valence electrons. The number of anilines is 3. The van der Waals surface area contributed by atoms with E-state index in [0.717, 1.165) is 12.3 Å². The van der Waals surface area contributed by atoms with E-state index in [1.807, 2.05) is 0 Å². The highest BCUT2D eigenvalue weighted by molar-refractivity contribution is 6.01. The van der Waals surface area contributed by atoms with Gasteiger partial charge in [-0.1, -0.05) is 0 Å². The number of carbonyl (C=O) groups is 2. The number of aromatic nitrogens is 1. The number of aliphatic carboxylic acids is 1. The van der Waals surface area contributed by atoms with E-state index in [1.165, 1.54) is 0 Å². The van der Waals surface area contributed by atoms with Gasteiger partial charge in [0.25, 0.3) is 5.89 Å². The van der Waals surface area contributed by atoms with Crippen molar-refractivity contribution in [2.24, 2.45) is 5.92 Å². The lowest BCUT2D eigenvalue weighted by molar-refractivity contribution is -0.143. The van der Waals surface area contributed by atoms with Crippen molar-refractivity contribution in [3.63, 3.8) is 0 Å². The Labute approximate surface area is 202 Å². The fraction of sp³-hybridized carbons (Fsp3) is 0.292. The summed E-state index contributed by atoms with van der Waals surface area (Å²) in [4.78, 5) is 27.3. The zero-order chi connectivity index (χ0) is 25.9. The second-order valence-electron chi connectivity index (χ2n) is 8.29. The molecule has 0 aliphatic heterocycles. The third kappa shape index (κ3) is 6.32. The summed E-state index contributed by atoms with van der Waals surface area (Å²) < 4.78 is 63.3. The number of nitrogens with zero attached hydrogens (tertiary/aromatic N) is 1. The fourth-order valence-electron chi connectivity index (χ4n) is 3.83. The first-order valence-corrected chi connectivity index (χ1v) is 11.0. The minimum Gasteiger partial charge on any atom is -0.490 e. The fourth-order valence-corrected chi connectivity index (χ4v) is 3.83. The number of hydrogen-bond acceptors (Lipinski definition) is 6. The van der Waals surface area contributed by atoms with Gasteiger partial charge in [0.1, 0.15) is 11.6 Å². The van der Waals surface area contributed by atoms with Crippen LogP contribution >= 0.6 is 0 Å². The molecule has 0 atom stereocenters. The monoisotopic (exact) mass is 507 g/mol. The predicted octanol–water partition coefficient (Wildman–Crippen LogP) is 5.85. The van der Waals surface area contributed by atoms with Gasteiger partial charge in [-0.25, -0.2) is 9.37 Å². The molecule has 1 heterocycles. The van der Waals surface area contributed by atoms with Crippen LogP contribution in [0.4, 0.5) is 34.8 Å². The highest BCUT2D eigenvalue weighted by atomic mass is 19.4. The molecule has 2 aromatic carbocycles. The van der Waals surface area contributed by atoms with Crippen LogP contribution in [0.15, 0.2) is 53.1 Å². The third-order valence-electron chi connectivity index (χ3n) is 5.63. The number of nitrogens with one attached hydrogen (secondary N) is 2. The summed E-state index contributed by atoms with van der Waals surface area (Å²) in [5.41, 5.74) is -0.991. The Morgan fingerprint density at radius 3 is 2.36 bits per heavy atom. The van der Waals surface area contributed by atoms with Crippen molar-refractivity contribution < 1.29 is 41.4 Å². The number of carbonyl (C=O) groups excluding carboxylic acids is 1. The maximum Gasteiger partial charge on any atom is 0.416 e. The molecule has 0 radical (unpaired) electrons. The van der Waals surface area contributed by atoms with E-state index in [4.69, 9.17) is 14.3 Å². The van der Waals surface area contributed by atoms with E-state index in [0.29, 0.717) is 49.3 Å². The molecule has 1 saturated carbocycles. The third-order valence-corrected chi connectivity index (χ3v) is 5.63. The van der Waals surface area contributed by atoms with Gasteiger partial charge in [0, 0.05) is 11.4 Å². The van der Waals surface area contributed by atoms with Gasteiger partial charge in [-0.3, -0.25) is 9.59 Å². The number of hydrogen-bond donors (Lipinski definition) is 3. The first-order chi connectivity index (χ1) is 17.1. The normalized spacial score (nSPS) is 17.9. The van der Waals surface area contributed by atoms with Gasteiger partial charge < -0.3 is 24.9 Å². The Kier molecular flexibility index (Phi) is 7.13. The Morgan fingerprint density at radius 1 is 1.03 bits per heavy atom. The molecule has 36 heavy (non-hydrogen) atoms. The Morgan fingerprint density at radius 2 is 1.72 bits per heavy atom. The van der Waals surface area contributed by atoms with Gasteiger partial charge in [-0.15, -0.1) is 0 Å². The van der Waals surface area contributed by atoms with Gasteiger partial charge in [-0.2, -0.15) is 13.2 Å². The lowest BCUT2D eigenvalue weighted by Gasteiger charge is -2.26. The molecule has 0 spiro atoms. The molecular weight excluding hydrogens is 486 g/mol. The van der Waals surface area contributed by atoms with E-state index >= 15 is 0 Å². The molecule has 1 aliphatic rings. The van der Waals surface area contributed by atoms with Crippen molar-refractivity contribution >= 4 is 29.1 Å². The maximum atomic E-state index is 13.6. The van der Waals surface area contributed by atoms with Crippen LogP contribution in [-0.2, 0) is 11.0 Å². The molecule has 3 N–H and O–H groups in total. The number of rotatable bonds is 7. The van der Waals surface area contributed by atoms with Gasteiger partial charge >= 0.3 is 18.1 Å². The summed E-state index contributed by atoms with van der Waals surface area (Å²) >= 11 is 0. The van der Waals surface area contributed by atoms with Gasteiger partial charge in [-0.05, 0) is 68.1 Å². The Balaban J connectivity index is 1.32.